The Hall–Kier alpha value is -2.87. The van der Waals surface area contributed by atoms with Crippen LogP contribution < -0.4 is 9.80 Å². The second-order valence-electron chi connectivity index (χ2n) is 7.05. The highest BCUT2D eigenvalue weighted by molar-refractivity contribution is 7.90. The maximum atomic E-state index is 12.5. The van der Waals surface area contributed by atoms with Gasteiger partial charge < -0.3 is 9.64 Å². The van der Waals surface area contributed by atoms with Crippen molar-refractivity contribution in [1.29, 1.82) is 0 Å². The monoisotopic (exact) mass is 416 g/mol. The van der Waals surface area contributed by atoms with Gasteiger partial charge in [-0.25, -0.2) is 13.2 Å². The molecule has 3 rings (SSSR count). The molecule has 154 valence electrons. The lowest BCUT2D eigenvalue weighted by molar-refractivity contribution is -0.117. The zero-order valence-electron chi connectivity index (χ0n) is 16.9. The molecule has 1 aliphatic rings. The summed E-state index contributed by atoms with van der Waals surface area (Å²) < 4.78 is 28.6. The van der Waals surface area contributed by atoms with Crippen molar-refractivity contribution < 1.29 is 22.7 Å². The summed E-state index contributed by atoms with van der Waals surface area (Å²) in [5.41, 5.74) is 2.83. The molecule has 0 radical (unpaired) electrons. The fourth-order valence-corrected chi connectivity index (χ4v) is 4.18. The number of benzene rings is 2. The Kier molecular flexibility index (Phi) is 5.66. The number of carbonyl (C=O) groups is 2. The molecule has 7 nitrogen and oxygen atoms in total. The van der Waals surface area contributed by atoms with Crippen LogP contribution in [0.4, 0.5) is 16.2 Å². The Labute approximate surface area is 170 Å². The van der Waals surface area contributed by atoms with Crippen LogP contribution in [0.25, 0.3) is 11.1 Å². The average molecular weight is 416 g/mol. The van der Waals surface area contributed by atoms with E-state index in [0.29, 0.717) is 17.9 Å². The standard InChI is InChI=1S/C21H24N2O5S/c1-5-28-21(25)22-13-14(2)23(15(3)24)19-11-8-17(12-20(19)22)16-6-9-18(10-7-16)29(4,26)27/h6-12,14H,5,13H2,1-4H3/t14-/m0/s1. The third kappa shape index (κ3) is 4.12. The minimum atomic E-state index is -3.28. The molecule has 2 aromatic carbocycles. The number of sulfone groups is 1. The van der Waals surface area contributed by atoms with E-state index in [1.807, 2.05) is 19.1 Å². The van der Waals surface area contributed by atoms with E-state index in [4.69, 9.17) is 4.74 Å². The van der Waals surface area contributed by atoms with Crippen molar-refractivity contribution in [2.24, 2.45) is 0 Å². The van der Waals surface area contributed by atoms with Crippen molar-refractivity contribution in [3.8, 4) is 11.1 Å². The molecule has 0 aromatic heterocycles. The quantitative estimate of drug-likeness (QED) is 0.765. The van der Waals surface area contributed by atoms with E-state index in [9.17, 15) is 18.0 Å². The molecule has 1 atom stereocenters. The number of anilines is 2. The molecule has 0 fully saturated rings. The summed E-state index contributed by atoms with van der Waals surface area (Å²) in [5.74, 6) is -0.104. The lowest BCUT2D eigenvalue weighted by atomic mass is 10.0. The predicted octanol–water partition coefficient (Wildman–Crippen LogP) is 3.48. The molecule has 0 bridgehead atoms. The molecule has 0 unspecified atom stereocenters. The lowest BCUT2D eigenvalue weighted by Crippen LogP contribution is -2.51. The summed E-state index contributed by atoms with van der Waals surface area (Å²) in [6.07, 6.45) is 0.698. The number of ether oxygens (including phenoxy) is 1. The Bertz CT molecular complexity index is 1050. The number of amides is 2. The fourth-order valence-electron chi connectivity index (χ4n) is 3.55. The van der Waals surface area contributed by atoms with Gasteiger partial charge in [-0.05, 0) is 49.2 Å². The minimum Gasteiger partial charge on any atom is -0.449 e. The van der Waals surface area contributed by atoms with Crippen molar-refractivity contribution in [3.05, 3.63) is 42.5 Å². The second-order valence-corrected chi connectivity index (χ2v) is 9.06. The first-order valence-corrected chi connectivity index (χ1v) is 11.2. The number of nitrogens with zero attached hydrogens (tertiary/aromatic N) is 2. The topological polar surface area (TPSA) is 84.0 Å². The van der Waals surface area contributed by atoms with E-state index in [0.717, 1.165) is 17.4 Å². The van der Waals surface area contributed by atoms with E-state index in [2.05, 4.69) is 0 Å². The molecule has 29 heavy (non-hydrogen) atoms. The molecule has 0 aliphatic carbocycles. The van der Waals surface area contributed by atoms with Gasteiger partial charge in [0, 0.05) is 19.7 Å². The van der Waals surface area contributed by atoms with E-state index in [-0.39, 0.29) is 23.5 Å². The van der Waals surface area contributed by atoms with Gasteiger partial charge >= 0.3 is 6.09 Å². The van der Waals surface area contributed by atoms with Gasteiger partial charge in [0.25, 0.3) is 0 Å². The van der Waals surface area contributed by atoms with Crippen molar-refractivity contribution in [1.82, 2.24) is 0 Å². The molecule has 0 saturated heterocycles. The van der Waals surface area contributed by atoms with Crippen molar-refractivity contribution >= 4 is 33.2 Å². The van der Waals surface area contributed by atoms with E-state index in [1.165, 1.54) is 11.8 Å². The molecular formula is C21H24N2O5S. The van der Waals surface area contributed by atoms with Gasteiger partial charge in [0.15, 0.2) is 9.84 Å². The van der Waals surface area contributed by atoms with Crippen LogP contribution in [0.1, 0.15) is 20.8 Å². The van der Waals surface area contributed by atoms with Gasteiger partial charge in [0.2, 0.25) is 5.91 Å². The molecule has 0 N–H and O–H groups in total. The summed E-state index contributed by atoms with van der Waals surface area (Å²) in [6, 6.07) is 11.8. The largest absolute Gasteiger partial charge is 0.449 e. The lowest BCUT2D eigenvalue weighted by Gasteiger charge is -2.40. The van der Waals surface area contributed by atoms with Gasteiger partial charge in [0.1, 0.15) is 0 Å². The molecule has 2 amide bonds. The summed E-state index contributed by atoms with van der Waals surface area (Å²) in [4.78, 5) is 28.2. The summed E-state index contributed by atoms with van der Waals surface area (Å²) in [7, 11) is -3.28. The molecule has 0 spiro atoms. The van der Waals surface area contributed by atoms with Gasteiger partial charge in [0.05, 0.1) is 28.9 Å². The zero-order chi connectivity index (χ0) is 21.3. The first-order valence-electron chi connectivity index (χ1n) is 9.32. The number of hydrogen-bond acceptors (Lipinski definition) is 5. The van der Waals surface area contributed by atoms with Crippen LogP contribution in [-0.2, 0) is 19.4 Å². The first-order chi connectivity index (χ1) is 13.6. The smallest absolute Gasteiger partial charge is 0.414 e. The van der Waals surface area contributed by atoms with Crippen molar-refractivity contribution in [2.45, 2.75) is 31.7 Å². The van der Waals surface area contributed by atoms with Gasteiger partial charge in [-0.1, -0.05) is 18.2 Å². The molecular weight excluding hydrogens is 392 g/mol. The summed E-state index contributed by atoms with van der Waals surface area (Å²) in [5, 5.41) is 0. The predicted molar refractivity (Wildman–Crippen MR) is 112 cm³/mol. The maximum absolute atomic E-state index is 12.5. The van der Waals surface area contributed by atoms with E-state index < -0.39 is 15.9 Å². The Morgan fingerprint density at radius 1 is 1.07 bits per heavy atom. The van der Waals surface area contributed by atoms with Gasteiger partial charge in [-0.2, -0.15) is 0 Å². The Balaban J connectivity index is 2.09. The highest BCUT2D eigenvalue weighted by Gasteiger charge is 2.34. The van der Waals surface area contributed by atoms with Crippen LogP contribution in [0, 0.1) is 0 Å². The highest BCUT2D eigenvalue weighted by atomic mass is 32.2. The Morgan fingerprint density at radius 3 is 2.24 bits per heavy atom. The molecule has 1 heterocycles. The number of rotatable bonds is 3. The SMILES string of the molecule is CCOC(=O)N1C[C@H](C)N(C(C)=O)c2ccc(-c3ccc(S(C)(=O)=O)cc3)cc21. The Morgan fingerprint density at radius 2 is 1.69 bits per heavy atom. The highest BCUT2D eigenvalue weighted by Crippen LogP contribution is 2.39. The summed E-state index contributed by atoms with van der Waals surface area (Å²) in [6.45, 7) is 5.70. The van der Waals surface area contributed by atoms with Gasteiger partial charge in [-0.15, -0.1) is 0 Å². The zero-order valence-corrected chi connectivity index (χ0v) is 17.7. The van der Waals surface area contributed by atoms with Crippen LogP contribution in [0.3, 0.4) is 0 Å². The molecule has 2 aromatic rings. The first kappa shape index (κ1) is 20.9. The van der Waals surface area contributed by atoms with E-state index in [1.54, 1.807) is 42.2 Å². The van der Waals surface area contributed by atoms with Gasteiger partial charge in [-0.3, -0.25) is 9.69 Å². The average Bonchev–Trinajstić information content (AvgIpc) is 2.66. The number of hydrogen-bond donors (Lipinski definition) is 0. The minimum absolute atomic E-state index is 0.104. The van der Waals surface area contributed by atoms with Crippen molar-refractivity contribution in [2.75, 3.05) is 29.2 Å². The fraction of sp³-hybridized carbons (Fsp3) is 0.333. The van der Waals surface area contributed by atoms with E-state index >= 15 is 0 Å². The second kappa shape index (κ2) is 7.87. The maximum Gasteiger partial charge on any atom is 0.414 e. The van der Waals surface area contributed by atoms with Crippen LogP contribution in [0.2, 0.25) is 0 Å². The van der Waals surface area contributed by atoms with Crippen molar-refractivity contribution in [3.63, 3.8) is 0 Å². The number of fused-ring (bicyclic) bond motifs is 1. The molecule has 0 saturated carbocycles. The third-order valence-corrected chi connectivity index (χ3v) is 5.99. The summed E-state index contributed by atoms with van der Waals surface area (Å²) >= 11 is 0. The molecule has 1 aliphatic heterocycles. The van der Waals surface area contributed by atoms with Crippen LogP contribution in [0.15, 0.2) is 47.4 Å². The number of carbonyl (C=O) groups excluding carboxylic acids is 2. The molecule has 8 heteroatoms. The normalized spacial score (nSPS) is 16.3. The van der Waals surface area contributed by atoms with Crippen LogP contribution >= 0.6 is 0 Å². The van der Waals surface area contributed by atoms with Crippen LogP contribution in [0.5, 0.6) is 0 Å². The van der Waals surface area contributed by atoms with Crippen LogP contribution in [-0.4, -0.2) is 45.9 Å². The third-order valence-electron chi connectivity index (χ3n) is 4.86.